The predicted molar refractivity (Wildman–Crippen MR) is 240 cm³/mol. The van der Waals surface area contributed by atoms with Crippen LogP contribution in [0.3, 0.4) is 0 Å². The van der Waals surface area contributed by atoms with Gasteiger partial charge in [0.05, 0.1) is 62.8 Å². The minimum atomic E-state index is -0.703. The molecule has 14 heteroatoms. The van der Waals surface area contributed by atoms with Crippen LogP contribution in [0.15, 0.2) is 53.7 Å². The van der Waals surface area contributed by atoms with E-state index >= 15 is 0 Å². The summed E-state index contributed by atoms with van der Waals surface area (Å²) in [6.45, 7) is 11.5. The molecule has 2 saturated heterocycles. The van der Waals surface area contributed by atoms with E-state index < -0.39 is 18.1 Å². The minimum Gasteiger partial charge on any atom is -0.488 e. The lowest BCUT2D eigenvalue weighted by Gasteiger charge is -2.33. The fourth-order valence-electron chi connectivity index (χ4n) is 10.1. The first-order valence-electron chi connectivity index (χ1n) is 22.3. The van der Waals surface area contributed by atoms with Crippen molar-refractivity contribution in [3.8, 4) is 28.1 Å². The van der Waals surface area contributed by atoms with Gasteiger partial charge in [-0.2, -0.15) is 0 Å². The molecular formula is C49H60N6O8. The number of benzene rings is 3. The molecule has 0 spiro atoms. The van der Waals surface area contributed by atoms with E-state index in [1.54, 1.807) is 7.11 Å². The lowest BCUT2D eigenvalue weighted by molar-refractivity contribution is -0.148. The number of aliphatic imine (C=N–C) groups is 1. The summed E-state index contributed by atoms with van der Waals surface area (Å²) in [5, 5.41) is 4.94. The number of alkyl carbamates (subject to hydrolysis) is 1. The average molecular weight is 861 g/mol. The van der Waals surface area contributed by atoms with Crippen LogP contribution in [0.25, 0.3) is 33.2 Å². The van der Waals surface area contributed by atoms with Crippen LogP contribution >= 0.6 is 0 Å². The molecule has 63 heavy (non-hydrogen) atoms. The van der Waals surface area contributed by atoms with Crippen molar-refractivity contribution in [2.24, 2.45) is 28.7 Å². The fourth-order valence-corrected chi connectivity index (χ4v) is 10.1. The fraction of sp³-hybridized carbons (Fsp3) is 0.510. The second kappa shape index (κ2) is 18.1. The Morgan fingerprint density at radius 2 is 1.78 bits per heavy atom. The second-order valence-corrected chi connectivity index (χ2v) is 18.1. The van der Waals surface area contributed by atoms with E-state index in [4.69, 9.17) is 28.9 Å². The molecule has 14 nitrogen and oxygen atoms in total. The van der Waals surface area contributed by atoms with Gasteiger partial charge in [0.25, 0.3) is 0 Å². The van der Waals surface area contributed by atoms with Gasteiger partial charge >= 0.3 is 12.1 Å². The van der Waals surface area contributed by atoms with Crippen molar-refractivity contribution in [2.75, 3.05) is 34.5 Å². The number of amides is 3. The van der Waals surface area contributed by atoms with Crippen LogP contribution in [0.4, 0.5) is 10.5 Å². The molecule has 8 rings (SSSR count). The first-order valence-corrected chi connectivity index (χ1v) is 22.3. The van der Waals surface area contributed by atoms with E-state index in [0.717, 1.165) is 92.9 Å². The first kappa shape index (κ1) is 43.9. The van der Waals surface area contributed by atoms with Crippen molar-refractivity contribution >= 4 is 46.0 Å². The molecule has 0 radical (unpaired) electrons. The second-order valence-electron chi connectivity index (χ2n) is 18.1. The number of ether oxygens (including phenoxy) is 4. The third kappa shape index (κ3) is 8.41. The number of likely N-dealkylation sites (tertiary alicyclic amines) is 2. The zero-order chi connectivity index (χ0) is 44.7. The largest absolute Gasteiger partial charge is 0.488 e. The third-order valence-electron chi connectivity index (χ3n) is 13.9. The maximum atomic E-state index is 14.2. The summed E-state index contributed by atoms with van der Waals surface area (Å²) in [6, 6.07) is 13.7. The van der Waals surface area contributed by atoms with Gasteiger partial charge in [0.15, 0.2) is 0 Å². The Morgan fingerprint density at radius 1 is 0.968 bits per heavy atom. The van der Waals surface area contributed by atoms with Crippen LogP contribution in [0.2, 0.25) is 0 Å². The number of methoxy groups -OCH3 is 3. The van der Waals surface area contributed by atoms with Gasteiger partial charge in [-0.25, -0.2) is 9.78 Å². The van der Waals surface area contributed by atoms with Gasteiger partial charge in [-0.1, -0.05) is 52.3 Å². The molecule has 4 aliphatic rings. The monoisotopic (exact) mass is 860 g/mol. The lowest BCUT2D eigenvalue weighted by atomic mass is 9.89. The molecule has 334 valence electrons. The van der Waals surface area contributed by atoms with Crippen molar-refractivity contribution < 1.29 is 38.1 Å². The minimum absolute atomic E-state index is 0.0139. The van der Waals surface area contributed by atoms with Crippen LogP contribution in [0, 0.1) is 23.7 Å². The van der Waals surface area contributed by atoms with Gasteiger partial charge in [0.2, 0.25) is 11.8 Å². The molecule has 4 aliphatic heterocycles. The van der Waals surface area contributed by atoms with Crippen molar-refractivity contribution in [3.05, 3.63) is 65.6 Å². The number of carbonyl (C=O) groups is 4. The van der Waals surface area contributed by atoms with E-state index in [-0.39, 0.29) is 60.1 Å². The molecule has 0 bridgehead atoms. The van der Waals surface area contributed by atoms with Gasteiger partial charge < -0.3 is 39.0 Å². The Bertz CT molecular complexity index is 2440. The quantitative estimate of drug-likeness (QED) is 0.127. The summed E-state index contributed by atoms with van der Waals surface area (Å²) in [5.74, 6) is 0.545. The number of esters is 1. The smallest absolute Gasteiger partial charge is 0.407 e. The highest BCUT2D eigenvalue weighted by Gasteiger charge is 2.44. The zero-order valence-corrected chi connectivity index (χ0v) is 37.7. The molecule has 4 aromatic rings. The molecule has 3 aromatic carbocycles. The SMILES string of the molecule is CC[C@H](C)[C@H](NC(=O)OC)C(=O)N1[C@@H](C)CC[C@H]1c1ncc(-c2ccc3c(c2)COc2cc4c5c(ccc4cc2-3)N=C([C@@H]2C[C@H](COC)CN2C(=O)[C@@H](CC(=O)OC)C(C)C)C5)[nH]1. The molecule has 0 aliphatic carbocycles. The van der Waals surface area contributed by atoms with Crippen molar-refractivity contribution in [3.63, 3.8) is 0 Å². The highest BCUT2D eigenvalue weighted by atomic mass is 16.5. The van der Waals surface area contributed by atoms with Crippen molar-refractivity contribution in [1.29, 1.82) is 0 Å². The van der Waals surface area contributed by atoms with E-state index in [1.165, 1.54) is 14.2 Å². The molecule has 1 aromatic heterocycles. The maximum absolute atomic E-state index is 14.2. The van der Waals surface area contributed by atoms with Gasteiger partial charge in [-0.15, -0.1) is 0 Å². The Hall–Kier alpha value is -5.76. The molecule has 3 amide bonds. The summed E-state index contributed by atoms with van der Waals surface area (Å²) in [5.41, 5.74) is 7.97. The number of hydrogen-bond acceptors (Lipinski definition) is 10. The number of aromatic amines is 1. The van der Waals surface area contributed by atoms with E-state index in [9.17, 15) is 19.2 Å². The van der Waals surface area contributed by atoms with E-state index in [1.807, 2.05) is 50.6 Å². The van der Waals surface area contributed by atoms with Crippen molar-refractivity contribution in [2.45, 2.75) is 104 Å². The molecule has 7 atom stereocenters. The molecular weight excluding hydrogens is 801 g/mol. The Balaban J connectivity index is 1.02. The molecule has 0 unspecified atom stereocenters. The summed E-state index contributed by atoms with van der Waals surface area (Å²) >= 11 is 0. The summed E-state index contributed by atoms with van der Waals surface area (Å²) in [4.78, 5) is 70.1. The number of fused-ring (bicyclic) bond motifs is 6. The summed E-state index contributed by atoms with van der Waals surface area (Å²) in [7, 11) is 4.35. The van der Waals surface area contributed by atoms with Gasteiger partial charge in [-0.05, 0) is 95.3 Å². The van der Waals surface area contributed by atoms with Crippen LogP contribution in [0.5, 0.6) is 5.75 Å². The highest BCUT2D eigenvalue weighted by Crippen LogP contribution is 2.45. The zero-order valence-electron chi connectivity index (χ0n) is 37.7. The number of H-pyrrole nitrogens is 1. The molecule has 2 N–H and O–H groups in total. The standard InChI is InChI=1S/C49H60N6O8/c1-9-27(4)45(53-49(59)62-8)48(58)55-28(5)10-15-41(55)46-50-22-40(52-46)31-11-13-33-32(17-31)25-63-43-20-35-30(18-37(33)43)12-14-38-36(35)19-39(51-38)42-16-29(24-60-6)23-54(42)47(57)34(26(2)3)21-44(56)61-7/h11-14,17-18,20,22,26-29,34,41-42,45H,9-10,15-16,19,21,23-25H2,1-8H3,(H,50,52)(H,53,59)/t27-,28-,29-,34-,41-,42-,45-/m0/s1. The highest BCUT2D eigenvalue weighted by molar-refractivity contribution is 6.06. The predicted octanol–water partition coefficient (Wildman–Crippen LogP) is 7.94. The number of aromatic nitrogens is 2. The summed E-state index contributed by atoms with van der Waals surface area (Å²) in [6.07, 6.45) is 4.92. The third-order valence-corrected chi connectivity index (χ3v) is 13.9. The van der Waals surface area contributed by atoms with Gasteiger partial charge in [0.1, 0.15) is 24.2 Å². The average Bonchev–Trinajstić information content (AvgIpc) is 4.11. The Morgan fingerprint density at radius 3 is 2.51 bits per heavy atom. The Labute approximate surface area is 369 Å². The number of hydrogen-bond donors (Lipinski definition) is 2. The maximum Gasteiger partial charge on any atom is 0.407 e. The number of carbonyl (C=O) groups excluding carboxylic acids is 4. The summed E-state index contributed by atoms with van der Waals surface area (Å²) < 4.78 is 21.9. The van der Waals surface area contributed by atoms with E-state index in [2.05, 4.69) is 52.8 Å². The Kier molecular flexibility index (Phi) is 12.6. The topological polar surface area (TPSA) is 165 Å². The van der Waals surface area contributed by atoms with Gasteiger partial charge in [0, 0.05) is 43.3 Å². The van der Waals surface area contributed by atoms with Crippen LogP contribution < -0.4 is 10.1 Å². The molecule has 0 saturated carbocycles. The van der Waals surface area contributed by atoms with Crippen molar-refractivity contribution in [1.82, 2.24) is 25.1 Å². The normalized spacial score (nSPS) is 21.6. The molecule has 5 heterocycles. The van der Waals surface area contributed by atoms with Crippen LogP contribution in [-0.4, -0.2) is 102 Å². The van der Waals surface area contributed by atoms with Gasteiger partial charge in [-0.3, -0.25) is 19.4 Å². The number of nitrogens with zero attached hydrogens (tertiary/aromatic N) is 4. The van der Waals surface area contributed by atoms with E-state index in [0.29, 0.717) is 26.2 Å². The molecule has 2 fully saturated rings. The number of imidazole rings is 1. The number of nitrogens with one attached hydrogen (secondary N) is 2. The first-order chi connectivity index (χ1) is 30.3. The van der Waals surface area contributed by atoms with Crippen LogP contribution in [0.1, 0.15) is 89.7 Å². The lowest BCUT2D eigenvalue weighted by Crippen LogP contribution is -2.53. The van der Waals surface area contributed by atoms with Crippen LogP contribution in [-0.2, 0) is 41.6 Å². The number of rotatable bonds is 13.